The lowest BCUT2D eigenvalue weighted by Gasteiger charge is -2.35. The van der Waals surface area contributed by atoms with Crippen molar-refractivity contribution < 1.29 is 14.3 Å². The van der Waals surface area contributed by atoms with Crippen LogP contribution in [0.1, 0.15) is 17.2 Å². The van der Waals surface area contributed by atoms with E-state index < -0.39 is 11.8 Å². The summed E-state index contributed by atoms with van der Waals surface area (Å²) in [6, 6.07) is 13.3. The van der Waals surface area contributed by atoms with Gasteiger partial charge in [0.15, 0.2) is 0 Å². The van der Waals surface area contributed by atoms with Crippen LogP contribution in [0, 0.1) is 0 Å². The van der Waals surface area contributed by atoms with Gasteiger partial charge in [-0.1, -0.05) is 35.9 Å². The van der Waals surface area contributed by atoms with Crippen molar-refractivity contribution in [2.45, 2.75) is 12.5 Å². The molecule has 2 aliphatic rings. The number of benzene rings is 2. The normalized spacial score (nSPS) is 17.2. The van der Waals surface area contributed by atoms with E-state index >= 15 is 0 Å². The number of hydrogen-bond acceptors (Lipinski definition) is 5. The van der Waals surface area contributed by atoms with Gasteiger partial charge in [-0.3, -0.25) is 14.5 Å². The van der Waals surface area contributed by atoms with Gasteiger partial charge in [0.1, 0.15) is 0 Å². The SMILES string of the molecule is CN1CCc2cc([C@@H](CNC(=O)C(=O)Nc3ccccc3Cl)N3CCOCC3)ccc21. The second kappa shape index (κ2) is 9.68. The number of anilines is 2. The molecule has 1 saturated heterocycles. The van der Waals surface area contributed by atoms with Crippen LogP contribution in [0.25, 0.3) is 0 Å². The number of fused-ring (bicyclic) bond motifs is 1. The Morgan fingerprint density at radius 2 is 1.87 bits per heavy atom. The van der Waals surface area contributed by atoms with Gasteiger partial charge in [-0.2, -0.15) is 0 Å². The summed E-state index contributed by atoms with van der Waals surface area (Å²) in [6.45, 7) is 4.23. The monoisotopic (exact) mass is 442 g/mol. The Morgan fingerprint density at radius 1 is 1.10 bits per heavy atom. The van der Waals surface area contributed by atoms with Crippen molar-refractivity contribution in [1.82, 2.24) is 10.2 Å². The third-order valence-electron chi connectivity index (χ3n) is 5.89. The molecule has 1 atom stereocenters. The zero-order valence-electron chi connectivity index (χ0n) is 17.6. The highest BCUT2D eigenvalue weighted by molar-refractivity contribution is 6.41. The Kier molecular flexibility index (Phi) is 6.75. The third-order valence-corrected chi connectivity index (χ3v) is 6.22. The number of morpholine rings is 1. The fraction of sp³-hybridized carbons (Fsp3) is 0.391. The number of likely N-dealkylation sites (N-methyl/N-ethyl adjacent to an activating group) is 1. The fourth-order valence-corrected chi connectivity index (χ4v) is 4.34. The highest BCUT2D eigenvalue weighted by Gasteiger charge is 2.26. The fourth-order valence-electron chi connectivity index (χ4n) is 4.15. The van der Waals surface area contributed by atoms with Crippen LogP contribution in [0.4, 0.5) is 11.4 Å². The zero-order chi connectivity index (χ0) is 21.8. The maximum absolute atomic E-state index is 12.5. The number of amides is 2. The first-order valence-electron chi connectivity index (χ1n) is 10.5. The molecule has 0 bridgehead atoms. The number of nitrogens with zero attached hydrogens (tertiary/aromatic N) is 2. The standard InChI is InChI=1S/C23H27ClN4O3/c1-27-9-8-17-14-16(6-7-20(17)27)21(28-10-12-31-13-11-28)15-25-22(29)23(30)26-19-5-3-2-4-18(19)24/h2-7,14,21H,8-13,15H2,1H3,(H,25,29)(H,26,30)/t21-/m1/s1. The second-order valence-corrected chi connectivity index (χ2v) is 8.28. The molecule has 2 amide bonds. The molecule has 164 valence electrons. The predicted octanol–water partition coefficient (Wildman–Crippen LogP) is 2.46. The number of hydrogen-bond donors (Lipinski definition) is 2. The number of carbonyl (C=O) groups is 2. The van der Waals surface area contributed by atoms with Gasteiger partial charge in [0.2, 0.25) is 0 Å². The summed E-state index contributed by atoms with van der Waals surface area (Å²) in [5.41, 5.74) is 4.13. The molecule has 2 heterocycles. The summed E-state index contributed by atoms with van der Waals surface area (Å²) in [6.07, 6.45) is 1.02. The number of rotatable bonds is 5. The summed E-state index contributed by atoms with van der Waals surface area (Å²) in [5, 5.41) is 5.76. The van der Waals surface area contributed by atoms with Crippen LogP contribution < -0.4 is 15.5 Å². The van der Waals surface area contributed by atoms with Crippen LogP contribution >= 0.6 is 11.6 Å². The van der Waals surface area contributed by atoms with Crippen molar-refractivity contribution in [2.24, 2.45) is 0 Å². The van der Waals surface area contributed by atoms with Crippen molar-refractivity contribution in [1.29, 1.82) is 0 Å². The smallest absolute Gasteiger partial charge is 0.313 e. The summed E-state index contributed by atoms with van der Waals surface area (Å²) in [4.78, 5) is 29.4. The Morgan fingerprint density at radius 3 is 2.65 bits per heavy atom. The van der Waals surface area contributed by atoms with Crippen LogP contribution in [0.3, 0.4) is 0 Å². The van der Waals surface area contributed by atoms with E-state index in [-0.39, 0.29) is 6.04 Å². The average Bonchev–Trinajstić information content (AvgIpc) is 3.16. The van der Waals surface area contributed by atoms with E-state index in [1.807, 2.05) is 0 Å². The minimum atomic E-state index is -0.732. The highest BCUT2D eigenvalue weighted by atomic mass is 35.5. The minimum Gasteiger partial charge on any atom is -0.379 e. The topological polar surface area (TPSA) is 73.9 Å². The molecule has 2 aliphatic heterocycles. The van der Waals surface area contributed by atoms with Crippen LogP contribution in [0.5, 0.6) is 0 Å². The molecule has 2 aromatic carbocycles. The van der Waals surface area contributed by atoms with Crippen molar-refractivity contribution in [3.8, 4) is 0 Å². The zero-order valence-corrected chi connectivity index (χ0v) is 18.3. The lowest BCUT2D eigenvalue weighted by molar-refractivity contribution is -0.136. The predicted molar refractivity (Wildman–Crippen MR) is 122 cm³/mol. The maximum atomic E-state index is 12.5. The molecule has 2 N–H and O–H groups in total. The van der Waals surface area contributed by atoms with E-state index in [9.17, 15) is 9.59 Å². The Hall–Kier alpha value is -2.61. The van der Waals surface area contributed by atoms with Gasteiger partial charge in [-0.25, -0.2) is 0 Å². The van der Waals surface area contributed by atoms with Gasteiger partial charge in [-0.15, -0.1) is 0 Å². The molecule has 7 nitrogen and oxygen atoms in total. The molecule has 0 aromatic heterocycles. The van der Waals surface area contributed by atoms with Crippen molar-refractivity contribution >= 4 is 34.8 Å². The van der Waals surface area contributed by atoms with E-state index in [0.717, 1.165) is 31.6 Å². The van der Waals surface area contributed by atoms with Gasteiger partial charge >= 0.3 is 11.8 Å². The molecule has 2 aromatic rings. The summed E-state index contributed by atoms with van der Waals surface area (Å²) in [7, 11) is 2.10. The number of nitrogens with one attached hydrogen (secondary N) is 2. The molecule has 0 radical (unpaired) electrons. The first-order valence-corrected chi connectivity index (χ1v) is 10.9. The molecule has 0 unspecified atom stereocenters. The van der Waals surface area contributed by atoms with E-state index in [4.69, 9.17) is 16.3 Å². The minimum absolute atomic E-state index is 0.0304. The highest BCUT2D eigenvalue weighted by Crippen LogP contribution is 2.31. The van der Waals surface area contributed by atoms with E-state index in [1.165, 1.54) is 11.3 Å². The van der Waals surface area contributed by atoms with Crippen LogP contribution in [-0.4, -0.2) is 63.2 Å². The Labute approximate surface area is 187 Å². The number of halogens is 1. The quantitative estimate of drug-likeness (QED) is 0.696. The van der Waals surface area contributed by atoms with Crippen LogP contribution in [-0.2, 0) is 20.7 Å². The molecular formula is C23H27ClN4O3. The molecule has 0 aliphatic carbocycles. The summed E-state index contributed by atoms with van der Waals surface area (Å²) < 4.78 is 5.50. The average molecular weight is 443 g/mol. The number of para-hydroxylation sites is 1. The molecule has 0 saturated carbocycles. The molecule has 1 fully saturated rings. The molecular weight excluding hydrogens is 416 g/mol. The van der Waals surface area contributed by atoms with Crippen molar-refractivity contribution in [2.75, 3.05) is 56.7 Å². The first-order chi connectivity index (χ1) is 15.0. The van der Waals surface area contributed by atoms with Crippen LogP contribution in [0.15, 0.2) is 42.5 Å². The Balaban J connectivity index is 1.46. The van der Waals surface area contributed by atoms with E-state index in [2.05, 4.69) is 45.7 Å². The Bertz CT molecular complexity index is 962. The largest absolute Gasteiger partial charge is 0.379 e. The van der Waals surface area contributed by atoms with E-state index in [1.54, 1.807) is 24.3 Å². The maximum Gasteiger partial charge on any atom is 0.313 e. The summed E-state index contributed by atoms with van der Waals surface area (Å²) in [5.74, 6) is -1.41. The summed E-state index contributed by atoms with van der Waals surface area (Å²) >= 11 is 6.07. The van der Waals surface area contributed by atoms with Gasteiger partial charge in [0.25, 0.3) is 0 Å². The van der Waals surface area contributed by atoms with Crippen molar-refractivity contribution in [3.63, 3.8) is 0 Å². The third kappa shape index (κ3) is 5.01. The molecule has 4 rings (SSSR count). The van der Waals surface area contributed by atoms with Crippen LogP contribution in [0.2, 0.25) is 5.02 Å². The van der Waals surface area contributed by atoms with Gasteiger partial charge < -0.3 is 20.3 Å². The van der Waals surface area contributed by atoms with Gasteiger partial charge in [0, 0.05) is 38.9 Å². The second-order valence-electron chi connectivity index (χ2n) is 7.87. The number of ether oxygens (including phenoxy) is 1. The molecule has 0 spiro atoms. The van der Waals surface area contributed by atoms with Crippen molar-refractivity contribution in [3.05, 3.63) is 58.6 Å². The number of carbonyl (C=O) groups excluding carboxylic acids is 2. The molecule has 31 heavy (non-hydrogen) atoms. The lowest BCUT2D eigenvalue weighted by atomic mass is 10.0. The van der Waals surface area contributed by atoms with Gasteiger partial charge in [0.05, 0.1) is 30.0 Å². The first kappa shape index (κ1) is 21.6. The van der Waals surface area contributed by atoms with E-state index in [0.29, 0.717) is 30.5 Å². The molecule has 8 heteroatoms. The lowest BCUT2D eigenvalue weighted by Crippen LogP contribution is -2.45. The van der Waals surface area contributed by atoms with Gasteiger partial charge in [-0.05, 0) is 35.7 Å².